The number of benzene rings is 2. The Morgan fingerprint density at radius 2 is 1.73 bits per heavy atom. The summed E-state index contributed by atoms with van der Waals surface area (Å²) >= 11 is 1.55. The molecular weight excluding hydrogens is 344 g/mol. The van der Waals surface area contributed by atoms with Crippen LogP contribution in [0.3, 0.4) is 0 Å². The van der Waals surface area contributed by atoms with Gasteiger partial charge in [0.25, 0.3) is 5.91 Å². The number of rotatable bonds is 3. The Balaban J connectivity index is 1.56. The van der Waals surface area contributed by atoms with E-state index >= 15 is 0 Å². The van der Waals surface area contributed by atoms with Crippen LogP contribution in [0.1, 0.15) is 22.9 Å². The monoisotopic (exact) mass is 366 g/mol. The molecule has 2 heterocycles. The summed E-state index contributed by atoms with van der Waals surface area (Å²) in [5, 5.41) is 0. The predicted octanol–water partition coefficient (Wildman–Crippen LogP) is 3.07. The van der Waals surface area contributed by atoms with Crippen LogP contribution in [0.4, 0.5) is 5.69 Å². The number of carbonyl (C=O) groups is 1. The fourth-order valence-corrected chi connectivity index (χ4v) is 4.25. The molecule has 4 rings (SSSR count). The zero-order valence-electron chi connectivity index (χ0n) is 15.1. The molecule has 2 fully saturated rings. The first-order valence-electron chi connectivity index (χ1n) is 8.59. The second-order valence-electron chi connectivity index (χ2n) is 6.78. The van der Waals surface area contributed by atoms with Crippen molar-refractivity contribution in [1.29, 1.82) is 0 Å². The second kappa shape index (κ2) is 6.79. The number of hydrazine groups is 1. The van der Waals surface area contributed by atoms with E-state index in [-0.39, 0.29) is 17.6 Å². The highest BCUT2D eigenvalue weighted by atomic mass is 32.2. The molecule has 2 aliphatic heterocycles. The molecule has 0 bridgehead atoms. The van der Waals surface area contributed by atoms with Crippen molar-refractivity contribution in [3.63, 3.8) is 0 Å². The van der Waals surface area contributed by atoms with Crippen LogP contribution >= 0.6 is 11.8 Å². The molecule has 2 atom stereocenters. The average Bonchev–Trinajstić information content (AvgIpc) is 3.17. The first-order chi connectivity index (χ1) is 12.5. The Kier molecular flexibility index (Phi) is 4.48. The molecule has 5 nitrogen and oxygen atoms in total. The van der Waals surface area contributed by atoms with Gasteiger partial charge in [-0.1, -0.05) is 53.7 Å². The fraction of sp³-hybridized carbons (Fsp3) is 0.250. The number of fused-ring (bicyclic) bond motifs is 1. The van der Waals surface area contributed by atoms with Crippen molar-refractivity contribution in [3.05, 3.63) is 70.1 Å². The van der Waals surface area contributed by atoms with Gasteiger partial charge in [-0.3, -0.25) is 9.69 Å². The number of aryl methyl sites for hydroxylation is 1. The maximum Gasteiger partial charge on any atom is 0.263 e. The number of nitrogens with zero attached hydrogens (tertiary/aromatic N) is 2. The zero-order valence-corrected chi connectivity index (χ0v) is 15.9. The van der Waals surface area contributed by atoms with Crippen molar-refractivity contribution in [2.75, 3.05) is 19.0 Å². The summed E-state index contributed by atoms with van der Waals surface area (Å²) in [4.78, 5) is 17.7. The molecule has 2 saturated heterocycles. The lowest BCUT2D eigenvalue weighted by molar-refractivity contribution is -0.127. The summed E-state index contributed by atoms with van der Waals surface area (Å²) in [6.07, 6.45) is 1.82. The van der Waals surface area contributed by atoms with Crippen LogP contribution in [0.5, 0.6) is 0 Å². The Bertz CT molecular complexity index is 845. The van der Waals surface area contributed by atoms with Crippen molar-refractivity contribution in [2.24, 2.45) is 0 Å². The summed E-state index contributed by atoms with van der Waals surface area (Å²) < 4.78 is 0. The van der Waals surface area contributed by atoms with E-state index in [1.54, 1.807) is 11.8 Å². The van der Waals surface area contributed by atoms with Crippen molar-refractivity contribution < 1.29 is 4.79 Å². The molecule has 0 saturated carbocycles. The third kappa shape index (κ3) is 3.11. The number of hydrogen-bond acceptors (Lipinski definition) is 5. The molecule has 134 valence electrons. The number of thioether (sulfide) groups is 1. The van der Waals surface area contributed by atoms with Crippen LogP contribution in [-0.2, 0) is 4.79 Å². The van der Waals surface area contributed by atoms with Gasteiger partial charge >= 0.3 is 0 Å². The minimum Gasteiger partial charge on any atom is -0.378 e. The van der Waals surface area contributed by atoms with E-state index in [1.165, 1.54) is 5.56 Å². The number of anilines is 1. The predicted molar refractivity (Wildman–Crippen MR) is 107 cm³/mol. The molecule has 1 amide bonds. The Hall–Kier alpha value is -2.28. The number of hydrogen-bond donors (Lipinski definition) is 2. The SMILES string of the molecule is Cc1ccc(C2NNC3SC(=Cc4ccc(N(C)C)cc4)C(=O)N32)cc1. The van der Waals surface area contributed by atoms with Gasteiger partial charge in [0.05, 0.1) is 4.91 Å². The summed E-state index contributed by atoms with van der Waals surface area (Å²) in [6, 6.07) is 16.5. The van der Waals surface area contributed by atoms with Crippen LogP contribution < -0.4 is 15.8 Å². The quantitative estimate of drug-likeness (QED) is 0.818. The standard InChI is InChI=1S/C20H22N4OS/c1-13-4-8-15(9-5-13)18-21-22-20-24(18)19(25)17(26-20)12-14-6-10-16(11-7-14)23(2)3/h4-12,18,20-22H,1-3H3. The molecule has 2 aliphatic rings. The van der Waals surface area contributed by atoms with Crippen LogP contribution in [0.2, 0.25) is 0 Å². The van der Waals surface area contributed by atoms with Gasteiger partial charge in [-0.2, -0.15) is 0 Å². The zero-order chi connectivity index (χ0) is 18.3. The fourth-order valence-electron chi connectivity index (χ4n) is 3.14. The third-order valence-corrected chi connectivity index (χ3v) is 5.77. The summed E-state index contributed by atoms with van der Waals surface area (Å²) in [6.45, 7) is 2.06. The molecule has 2 N–H and O–H groups in total. The van der Waals surface area contributed by atoms with Gasteiger partial charge in [-0.15, -0.1) is 0 Å². The van der Waals surface area contributed by atoms with Crippen LogP contribution in [0.15, 0.2) is 53.4 Å². The minimum atomic E-state index is -0.150. The highest BCUT2D eigenvalue weighted by Gasteiger charge is 2.45. The molecule has 0 radical (unpaired) electrons. The van der Waals surface area contributed by atoms with Gasteiger partial charge in [0.1, 0.15) is 11.7 Å². The Labute approximate surface area is 158 Å². The molecule has 2 unspecified atom stereocenters. The lowest BCUT2D eigenvalue weighted by atomic mass is 10.1. The van der Waals surface area contributed by atoms with Crippen molar-refractivity contribution in [1.82, 2.24) is 15.8 Å². The van der Waals surface area contributed by atoms with E-state index in [2.05, 4.69) is 59.1 Å². The van der Waals surface area contributed by atoms with Gasteiger partial charge in [0.2, 0.25) is 0 Å². The molecule has 2 aromatic rings. The Morgan fingerprint density at radius 3 is 2.38 bits per heavy atom. The van der Waals surface area contributed by atoms with Crippen molar-refractivity contribution in [2.45, 2.75) is 18.6 Å². The number of nitrogens with one attached hydrogen (secondary N) is 2. The smallest absolute Gasteiger partial charge is 0.263 e. The Morgan fingerprint density at radius 1 is 1.04 bits per heavy atom. The molecule has 0 aromatic heterocycles. The van der Waals surface area contributed by atoms with Crippen LogP contribution in [-0.4, -0.2) is 30.4 Å². The van der Waals surface area contributed by atoms with Crippen molar-refractivity contribution in [3.8, 4) is 0 Å². The molecule has 26 heavy (non-hydrogen) atoms. The maximum absolute atomic E-state index is 13.0. The summed E-state index contributed by atoms with van der Waals surface area (Å²) in [7, 11) is 4.03. The van der Waals surface area contributed by atoms with Crippen molar-refractivity contribution >= 4 is 29.4 Å². The van der Waals surface area contributed by atoms with E-state index in [9.17, 15) is 4.79 Å². The van der Waals surface area contributed by atoms with E-state index < -0.39 is 0 Å². The van der Waals surface area contributed by atoms with Gasteiger partial charge in [-0.05, 0) is 36.3 Å². The molecule has 0 spiro atoms. The first-order valence-corrected chi connectivity index (χ1v) is 9.47. The summed E-state index contributed by atoms with van der Waals surface area (Å²) in [5.74, 6) is 0.0553. The molecule has 2 aromatic carbocycles. The lowest BCUT2D eigenvalue weighted by Crippen LogP contribution is -2.32. The highest BCUT2D eigenvalue weighted by Crippen LogP contribution is 2.41. The van der Waals surface area contributed by atoms with E-state index in [1.807, 2.05) is 37.2 Å². The van der Waals surface area contributed by atoms with E-state index in [4.69, 9.17) is 0 Å². The van der Waals surface area contributed by atoms with E-state index in [0.717, 1.165) is 21.7 Å². The topological polar surface area (TPSA) is 47.6 Å². The summed E-state index contributed by atoms with van der Waals surface area (Å²) in [5.41, 5.74) is 10.8. The molecule has 6 heteroatoms. The van der Waals surface area contributed by atoms with Gasteiger partial charge in [0, 0.05) is 19.8 Å². The normalized spacial score (nSPS) is 23.6. The molecular formula is C20H22N4OS. The van der Waals surface area contributed by atoms with Gasteiger partial charge in [0.15, 0.2) is 0 Å². The van der Waals surface area contributed by atoms with Crippen LogP contribution in [0, 0.1) is 6.92 Å². The highest BCUT2D eigenvalue weighted by molar-refractivity contribution is 8.05. The number of amides is 1. The second-order valence-corrected chi connectivity index (χ2v) is 7.90. The van der Waals surface area contributed by atoms with E-state index in [0.29, 0.717) is 0 Å². The third-order valence-electron chi connectivity index (χ3n) is 4.66. The van der Waals surface area contributed by atoms with Crippen LogP contribution in [0.25, 0.3) is 6.08 Å². The molecule has 0 aliphatic carbocycles. The number of carbonyl (C=O) groups excluding carboxylic acids is 1. The average molecular weight is 366 g/mol. The largest absolute Gasteiger partial charge is 0.378 e. The lowest BCUT2D eigenvalue weighted by Gasteiger charge is -2.21. The maximum atomic E-state index is 13.0. The van der Waals surface area contributed by atoms with Gasteiger partial charge in [-0.25, -0.2) is 10.9 Å². The minimum absolute atomic E-state index is 0.0553. The first kappa shape index (κ1) is 17.1. The van der Waals surface area contributed by atoms with Gasteiger partial charge < -0.3 is 4.90 Å².